The van der Waals surface area contributed by atoms with E-state index in [2.05, 4.69) is 17.7 Å². The maximum atomic E-state index is 13.3. The van der Waals surface area contributed by atoms with Crippen molar-refractivity contribution in [2.75, 3.05) is 17.3 Å². The number of carbonyl (C=O) groups is 3. The van der Waals surface area contributed by atoms with E-state index in [0.717, 1.165) is 19.3 Å². The molecule has 0 aliphatic carbocycles. The maximum absolute atomic E-state index is 13.3. The molecule has 2 N–H and O–H groups in total. The van der Waals surface area contributed by atoms with Gasteiger partial charge in [0, 0.05) is 12.1 Å². The Morgan fingerprint density at radius 1 is 1.03 bits per heavy atom. The van der Waals surface area contributed by atoms with Gasteiger partial charge >= 0.3 is 0 Å². The molecule has 0 aromatic heterocycles. The van der Waals surface area contributed by atoms with Crippen LogP contribution in [0, 0.1) is 0 Å². The first kappa shape index (κ1) is 24.2. The number of nitrogens with one attached hydrogen (secondary N) is 2. The van der Waals surface area contributed by atoms with Gasteiger partial charge in [0.25, 0.3) is 5.91 Å². The van der Waals surface area contributed by atoms with Crippen LogP contribution >= 0.6 is 12.2 Å². The van der Waals surface area contributed by atoms with Crippen LogP contribution in [-0.4, -0.2) is 41.0 Å². The van der Waals surface area contributed by atoms with Crippen LogP contribution < -0.4 is 20.4 Å². The minimum atomic E-state index is -0.960. The highest BCUT2D eigenvalue weighted by molar-refractivity contribution is 7.80. The number of hydrogen-bond donors (Lipinski definition) is 2. The van der Waals surface area contributed by atoms with E-state index in [4.69, 9.17) is 17.0 Å². The molecule has 2 aromatic rings. The molecule has 3 rings (SSSR count). The van der Waals surface area contributed by atoms with E-state index in [1.54, 1.807) is 55.6 Å². The van der Waals surface area contributed by atoms with Crippen LogP contribution in [0.3, 0.4) is 0 Å². The number of rotatable bonds is 10. The van der Waals surface area contributed by atoms with Gasteiger partial charge < -0.3 is 10.1 Å². The zero-order chi connectivity index (χ0) is 23.8. The Morgan fingerprint density at radius 2 is 1.73 bits per heavy atom. The molecule has 0 radical (unpaired) electrons. The highest BCUT2D eigenvalue weighted by Gasteiger charge is 2.45. The second-order valence-corrected chi connectivity index (χ2v) is 8.02. The second kappa shape index (κ2) is 11.4. The summed E-state index contributed by atoms with van der Waals surface area (Å²) >= 11 is 5.55. The number of unbranched alkanes of at least 4 members (excludes halogenated alkanes) is 2. The van der Waals surface area contributed by atoms with Crippen molar-refractivity contribution in [2.24, 2.45) is 0 Å². The average molecular weight is 469 g/mol. The molecule has 33 heavy (non-hydrogen) atoms. The summed E-state index contributed by atoms with van der Waals surface area (Å²) in [5.41, 5.74) is 3.90. The Balaban J connectivity index is 1.80. The number of hydrazine groups is 1. The molecule has 0 spiro atoms. The highest BCUT2D eigenvalue weighted by Crippen LogP contribution is 2.28. The van der Waals surface area contributed by atoms with Crippen LogP contribution in [0.4, 0.5) is 11.4 Å². The van der Waals surface area contributed by atoms with E-state index in [-0.39, 0.29) is 29.3 Å². The van der Waals surface area contributed by atoms with Crippen molar-refractivity contribution in [1.29, 1.82) is 0 Å². The van der Waals surface area contributed by atoms with Gasteiger partial charge in [-0.3, -0.25) is 24.7 Å². The zero-order valence-corrected chi connectivity index (χ0v) is 19.6. The van der Waals surface area contributed by atoms with Gasteiger partial charge in [-0.2, -0.15) is 0 Å². The molecule has 8 nitrogen and oxygen atoms in total. The van der Waals surface area contributed by atoms with Crippen LogP contribution in [0.2, 0.25) is 0 Å². The van der Waals surface area contributed by atoms with E-state index in [1.807, 2.05) is 6.07 Å². The van der Waals surface area contributed by atoms with Gasteiger partial charge in [-0.05, 0) is 55.0 Å². The number of para-hydroxylation sites is 1. The van der Waals surface area contributed by atoms with Gasteiger partial charge in [0.15, 0.2) is 0 Å². The van der Waals surface area contributed by atoms with Crippen LogP contribution in [0.15, 0.2) is 54.6 Å². The molecule has 1 aliphatic rings. The molecular formula is C24H28N4O4S. The van der Waals surface area contributed by atoms with Crippen molar-refractivity contribution < 1.29 is 19.1 Å². The van der Waals surface area contributed by atoms with Gasteiger partial charge in [0.2, 0.25) is 16.9 Å². The number of ether oxygens (including phenoxy) is 1. The molecule has 1 aliphatic heterocycles. The lowest BCUT2D eigenvalue weighted by atomic mass is 10.1. The number of amides is 3. The average Bonchev–Trinajstić information content (AvgIpc) is 3.04. The largest absolute Gasteiger partial charge is 0.497 e. The van der Waals surface area contributed by atoms with Crippen molar-refractivity contribution in [3.05, 3.63) is 54.6 Å². The normalized spacial score (nSPS) is 15.5. The highest BCUT2D eigenvalue weighted by atomic mass is 32.1. The number of hydrogen-bond acceptors (Lipinski definition) is 5. The minimum absolute atomic E-state index is 0.117. The topological polar surface area (TPSA) is 91.0 Å². The molecule has 1 heterocycles. The van der Waals surface area contributed by atoms with Gasteiger partial charge in [0.05, 0.1) is 19.2 Å². The molecule has 0 saturated carbocycles. The fourth-order valence-electron chi connectivity index (χ4n) is 3.50. The first-order valence-electron chi connectivity index (χ1n) is 10.9. The lowest BCUT2D eigenvalue weighted by Crippen LogP contribution is -2.49. The van der Waals surface area contributed by atoms with Crippen molar-refractivity contribution in [3.63, 3.8) is 0 Å². The molecule has 0 unspecified atom stereocenters. The van der Waals surface area contributed by atoms with Crippen LogP contribution in [0.25, 0.3) is 0 Å². The predicted molar refractivity (Wildman–Crippen MR) is 131 cm³/mol. The molecule has 0 bridgehead atoms. The zero-order valence-electron chi connectivity index (χ0n) is 18.7. The first-order chi connectivity index (χ1) is 15.9. The molecule has 2 aromatic carbocycles. The third-order valence-electron chi connectivity index (χ3n) is 5.23. The SMILES string of the molecule is CCCCCC(=O)NN1C(=S)N(c2ccc(OC)cc2)C(=O)[C@H]1CC(=O)Nc1ccccc1. The summed E-state index contributed by atoms with van der Waals surface area (Å²) in [6, 6.07) is 14.9. The summed E-state index contributed by atoms with van der Waals surface area (Å²) in [6.45, 7) is 2.06. The molecule has 3 amide bonds. The number of benzene rings is 2. The van der Waals surface area contributed by atoms with Crippen molar-refractivity contribution in [3.8, 4) is 5.75 Å². The maximum Gasteiger partial charge on any atom is 0.258 e. The number of carbonyl (C=O) groups excluding carboxylic acids is 3. The number of nitrogens with zero attached hydrogens (tertiary/aromatic N) is 2. The van der Waals surface area contributed by atoms with Gasteiger partial charge in [-0.1, -0.05) is 38.0 Å². The number of methoxy groups -OCH3 is 1. The van der Waals surface area contributed by atoms with Crippen LogP contribution in [-0.2, 0) is 14.4 Å². The van der Waals surface area contributed by atoms with Gasteiger partial charge in [0.1, 0.15) is 11.8 Å². The monoisotopic (exact) mass is 468 g/mol. The van der Waals surface area contributed by atoms with Crippen molar-refractivity contribution in [1.82, 2.24) is 10.4 Å². The third kappa shape index (κ3) is 6.07. The van der Waals surface area contributed by atoms with E-state index in [0.29, 0.717) is 23.5 Å². The standard InChI is InChI=1S/C24H28N4O4S/c1-3-4-6-11-21(29)26-28-20(16-22(30)25-17-9-7-5-8-10-17)23(31)27(24(28)33)18-12-14-19(32-2)15-13-18/h5,7-10,12-15,20H,3-4,6,11,16H2,1-2H3,(H,25,30)(H,26,29)/t20-/m1/s1. The van der Waals surface area contributed by atoms with E-state index in [1.165, 1.54) is 9.91 Å². The summed E-state index contributed by atoms with van der Waals surface area (Å²) in [4.78, 5) is 39.9. The summed E-state index contributed by atoms with van der Waals surface area (Å²) in [6.07, 6.45) is 2.79. The number of thiocarbonyl (C=S) groups is 1. The Bertz CT molecular complexity index is 997. The lowest BCUT2D eigenvalue weighted by molar-refractivity contribution is -0.129. The lowest BCUT2D eigenvalue weighted by Gasteiger charge is -2.24. The van der Waals surface area contributed by atoms with E-state index in [9.17, 15) is 14.4 Å². The van der Waals surface area contributed by atoms with Crippen molar-refractivity contribution >= 4 is 46.4 Å². The Hall–Kier alpha value is -3.46. The fraction of sp³-hybridized carbons (Fsp3) is 0.333. The summed E-state index contributed by atoms with van der Waals surface area (Å²) in [7, 11) is 1.55. The summed E-state index contributed by atoms with van der Waals surface area (Å²) in [5, 5.41) is 4.23. The molecule has 174 valence electrons. The summed E-state index contributed by atoms with van der Waals surface area (Å²) in [5.74, 6) is -0.355. The van der Waals surface area contributed by atoms with Gasteiger partial charge in [-0.15, -0.1) is 0 Å². The third-order valence-corrected chi connectivity index (χ3v) is 5.61. The van der Waals surface area contributed by atoms with Crippen LogP contribution in [0.5, 0.6) is 5.75 Å². The smallest absolute Gasteiger partial charge is 0.258 e. The molecule has 9 heteroatoms. The molecular weight excluding hydrogens is 440 g/mol. The Morgan fingerprint density at radius 3 is 2.36 bits per heavy atom. The molecule has 1 saturated heterocycles. The molecule has 1 fully saturated rings. The van der Waals surface area contributed by atoms with Gasteiger partial charge in [-0.25, -0.2) is 5.01 Å². The van der Waals surface area contributed by atoms with E-state index < -0.39 is 6.04 Å². The summed E-state index contributed by atoms with van der Waals surface area (Å²) < 4.78 is 5.18. The van der Waals surface area contributed by atoms with E-state index >= 15 is 0 Å². The number of anilines is 2. The fourth-order valence-corrected chi connectivity index (χ4v) is 3.87. The minimum Gasteiger partial charge on any atom is -0.497 e. The first-order valence-corrected chi connectivity index (χ1v) is 11.3. The van der Waals surface area contributed by atoms with Crippen molar-refractivity contribution in [2.45, 2.75) is 45.1 Å². The predicted octanol–water partition coefficient (Wildman–Crippen LogP) is 3.64. The Kier molecular flexibility index (Phi) is 8.37. The Labute approximate surface area is 198 Å². The molecule has 1 atom stereocenters. The quantitative estimate of drug-likeness (QED) is 0.409. The second-order valence-electron chi connectivity index (χ2n) is 7.65. The van der Waals surface area contributed by atoms with Crippen LogP contribution in [0.1, 0.15) is 39.0 Å².